The minimum atomic E-state index is -0.388. The molecule has 0 saturated carbocycles. The predicted octanol–water partition coefficient (Wildman–Crippen LogP) is 2.37. The van der Waals surface area contributed by atoms with E-state index >= 15 is 0 Å². The number of imidazole rings is 1. The van der Waals surface area contributed by atoms with Gasteiger partial charge in [0.25, 0.3) is 0 Å². The number of pyridine rings is 2. The summed E-state index contributed by atoms with van der Waals surface area (Å²) in [5, 5.41) is 0.920. The molecule has 5 heteroatoms. The summed E-state index contributed by atoms with van der Waals surface area (Å²) in [6.07, 6.45) is 3.61. The fourth-order valence-corrected chi connectivity index (χ4v) is 2.16. The molecule has 19 heavy (non-hydrogen) atoms. The third-order valence-corrected chi connectivity index (χ3v) is 3.08. The Morgan fingerprint density at radius 1 is 1.42 bits per heavy atom. The summed E-state index contributed by atoms with van der Waals surface area (Å²) in [6.45, 7) is 3.98. The van der Waals surface area contributed by atoms with Crippen molar-refractivity contribution in [2.75, 3.05) is 6.61 Å². The molecule has 0 aliphatic carbocycles. The molecule has 3 heterocycles. The molecule has 0 atom stereocenters. The van der Waals surface area contributed by atoms with Crippen LogP contribution in [0.4, 0.5) is 0 Å². The van der Waals surface area contributed by atoms with Crippen LogP contribution < -0.4 is 0 Å². The third kappa shape index (κ3) is 1.74. The van der Waals surface area contributed by atoms with E-state index < -0.39 is 0 Å². The molecule has 0 aliphatic rings. The molecule has 5 nitrogen and oxygen atoms in total. The van der Waals surface area contributed by atoms with Crippen molar-refractivity contribution in [3.8, 4) is 0 Å². The van der Waals surface area contributed by atoms with E-state index in [4.69, 9.17) is 4.74 Å². The number of carbonyl (C=O) groups excluding carboxylic acids is 1. The van der Waals surface area contributed by atoms with E-state index in [-0.39, 0.29) is 5.97 Å². The molecule has 0 amide bonds. The van der Waals surface area contributed by atoms with Gasteiger partial charge < -0.3 is 9.14 Å². The zero-order chi connectivity index (χ0) is 13.4. The number of carbonyl (C=O) groups is 1. The highest BCUT2D eigenvalue weighted by Crippen LogP contribution is 2.20. The van der Waals surface area contributed by atoms with Gasteiger partial charge in [0, 0.05) is 17.8 Å². The molecule has 0 bridgehead atoms. The third-order valence-electron chi connectivity index (χ3n) is 3.08. The highest BCUT2D eigenvalue weighted by atomic mass is 16.5. The summed E-state index contributed by atoms with van der Waals surface area (Å²) >= 11 is 0. The van der Waals surface area contributed by atoms with Gasteiger partial charge in [-0.25, -0.2) is 9.78 Å². The lowest BCUT2D eigenvalue weighted by atomic mass is 10.2. The summed E-state index contributed by atoms with van der Waals surface area (Å²) in [7, 11) is 0. The standard InChI is InChI=1S/C14H13N3O2/c1-3-19-14(18)12-9(2)17-8-6-11-10(13(17)16-12)5-4-7-15-11/h4-8H,3H2,1-2H3. The Labute approximate surface area is 109 Å². The molecular weight excluding hydrogens is 242 g/mol. The minimum absolute atomic E-state index is 0.342. The lowest BCUT2D eigenvalue weighted by Crippen LogP contribution is -2.06. The van der Waals surface area contributed by atoms with Crippen LogP contribution in [-0.4, -0.2) is 26.9 Å². The quantitative estimate of drug-likeness (QED) is 0.660. The van der Waals surface area contributed by atoms with Crippen molar-refractivity contribution >= 4 is 22.5 Å². The number of hydrogen-bond acceptors (Lipinski definition) is 4. The first-order chi connectivity index (χ1) is 9.22. The van der Waals surface area contributed by atoms with Crippen molar-refractivity contribution in [3.05, 3.63) is 42.0 Å². The number of esters is 1. The van der Waals surface area contributed by atoms with Crippen LogP contribution in [0.15, 0.2) is 30.6 Å². The lowest BCUT2D eigenvalue weighted by molar-refractivity contribution is 0.0519. The van der Waals surface area contributed by atoms with Gasteiger partial charge in [0.15, 0.2) is 5.69 Å². The van der Waals surface area contributed by atoms with E-state index in [0.717, 1.165) is 22.2 Å². The molecule has 0 unspecified atom stereocenters. The smallest absolute Gasteiger partial charge is 0.358 e. The zero-order valence-electron chi connectivity index (χ0n) is 10.8. The second kappa shape index (κ2) is 4.35. The van der Waals surface area contributed by atoms with Gasteiger partial charge in [0.05, 0.1) is 17.8 Å². The Hall–Kier alpha value is -2.43. The zero-order valence-corrected chi connectivity index (χ0v) is 10.8. The molecular formula is C14H13N3O2. The Morgan fingerprint density at radius 2 is 2.26 bits per heavy atom. The van der Waals surface area contributed by atoms with Crippen molar-refractivity contribution in [2.45, 2.75) is 13.8 Å². The molecule has 0 aliphatic heterocycles. The normalized spacial score (nSPS) is 11.1. The van der Waals surface area contributed by atoms with Gasteiger partial charge in [0.1, 0.15) is 5.65 Å². The molecule has 3 aromatic heterocycles. The van der Waals surface area contributed by atoms with E-state index in [1.165, 1.54) is 0 Å². The Bertz CT molecular complexity index is 777. The molecule has 96 valence electrons. The molecule has 3 rings (SSSR count). The summed E-state index contributed by atoms with van der Waals surface area (Å²) in [6, 6.07) is 5.71. The maximum atomic E-state index is 11.9. The van der Waals surface area contributed by atoms with Crippen LogP contribution in [0.2, 0.25) is 0 Å². The van der Waals surface area contributed by atoms with Crippen molar-refractivity contribution in [1.29, 1.82) is 0 Å². The van der Waals surface area contributed by atoms with Crippen LogP contribution in [0.1, 0.15) is 23.1 Å². The number of aryl methyl sites for hydroxylation is 1. The largest absolute Gasteiger partial charge is 0.461 e. The fourth-order valence-electron chi connectivity index (χ4n) is 2.16. The SMILES string of the molecule is CCOC(=O)c1nc2c3cccnc3ccn2c1C. The Balaban J connectivity index is 2.30. The van der Waals surface area contributed by atoms with Crippen molar-refractivity contribution in [3.63, 3.8) is 0 Å². The maximum absolute atomic E-state index is 11.9. The van der Waals surface area contributed by atoms with E-state index in [1.807, 2.05) is 35.7 Å². The summed E-state index contributed by atoms with van der Waals surface area (Å²) in [5.41, 5.74) is 2.72. The van der Waals surface area contributed by atoms with Crippen LogP contribution in [0.5, 0.6) is 0 Å². The Morgan fingerprint density at radius 3 is 3.05 bits per heavy atom. The van der Waals surface area contributed by atoms with E-state index in [1.54, 1.807) is 13.1 Å². The van der Waals surface area contributed by atoms with Gasteiger partial charge in [-0.1, -0.05) is 0 Å². The fraction of sp³-hybridized carbons (Fsp3) is 0.214. The summed E-state index contributed by atoms with van der Waals surface area (Å²) < 4.78 is 6.91. The number of fused-ring (bicyclic) bond motifs is 3. The summed E-state index contributed by atoms with van der Waals surface area (Å²) in [5.74, 6) is -0.388. The van der Waals surface area contributed by atoms with E-state index in [9.17, 15) is 4.79 Å². The molecule has 0 aromatic carbocycles. The van der Waals surface area contributed by atoms with Gasteiger partial charge in [-0.05, 0) is 32.0 Å². The molecule has 0 fully saturated rings. The number of rotatable bonds is 2. The van der Waals surface area contributed by atoms with Crippen molar-refractivity contribution in [1.82, 2.24) is 14.4 Å². The highest BCUT2D eigenvalue weighted by Gasteiger charge is 2.18. The molecule has 0 radical (unpaired) electrons. The van der Waals surface area contributed by atoms with Gasteiger partial charge in [0.2, 0.25) is 0 Å². The van der Waals surface area contributed by atoms with Gasteiger partial charge in [-0.2, -0.15) is 0 Å². The maximum Gasteiger partial charge on any atom is 0.358 e. The van der Waals surface area contributed by atoms with Gasteiger partial charge in [-0.15, -0.1) is 0 Å². The Kier molecular flexibility index (Phi) is 2.67. The highest BCUT2D eigenvalue weighted by molar-refractivity contribution is 5.95. The molecule has 0 spiro atoms. The topological polar surface area (TPSA) is 56.5 Å². The second-order valence-corrected chi connectivity index (χ2v) is 4.21. The number of hydrogen-bond donors (Lipinski definition) is 0. The van der Waals surface area contributed by atoms with Gasteiger partial charge in [-0.3, -0.25) is 4.98 Å². The van der Waals surface area contributed by atoms with E-state index in [2.05, 4.69) is 9.97 Å². The van der Waals surface area contributed by atoms with E-state index in [0.29, 0.717) is 12.3 Å². The van der Waals surface area contributed by atoms with Gasteiger partial charge >= 0.3 is 5.97 Å². The van der Waals surface area contributed by atoms with Crippen LogP contribution in [0, 0.1) is 6.92 Å². The monoisotopic (exact) mass is 255 g/mol. The van der Waals surface area contributed by atoms with Crippen LogP contribution in [0.25, 0.3) is 16.6 Å². The average Bonchev–Trinajstić information content (AvgIpc) is 2.77. The van der Waals surface area contributed by atoms with Crippen molar-refractivity contribution in [2.24, 2.45) is 0 Å². The molecule has 3 aromatic rings. The summed E-state index contributed by atoms with van der Waals surface area (Å²) in [4.78, 5) is 20.5. The van der Waals surface area contributed by atoms with Crippen LogP contribution >= 0.6 is 0 Å². The second-order valence-electron chi connectivity index (χ2n) is 4.21. The number of ether oxygens (including phenoxy) is 1. The number of aromatic nitrogens is 3. The first-order valence-corrected chi connectivity index (χ1v) is 6.12. The first-order valence-electron chi connectivity index (χ1n) is 6.12. The van der Waals surface area contributed by atoms with Crippen LogP contribution in [0.3, 0.4) is 0 Å². The minimum Gasteiger partial charge on any atom is -0.461 e. The lowest BCUT2D eigenvalue weighted by Gasteiger charge is -2.00. The molecule has 0 N–H and O–H groups in total. The first kappa shape index (κ1) is 11.6. The average molecular weight is 255 g/mol. The predicted molar refractivity (Wildman–Crippen MR) is 71.2 cm³/mol. The number of nitrogens with zero attached hydrogens (tertiary/aromatic N) is 3. The van der Waals surface area contributed by atoms with Crippen molar-refractivity contribution < 1.29 is 9.53 Å². The molecule has 0 saturated heterocycles. The van der Waals surface area contributed by atoms with Crippen LogP contribution in [-0.2, 0) is 4.74 Å².